The molecule has 284 valence electrons. The lowest BCUT2D eigenvalue weighted by Crippen LogP contribution is -2.76. The number of rotatable bonds is 11. The van der Waals surface area contributed by atoms with Gasteiger partial charge >= 0.3 is 6.03 Å². The molecule has 55 heavy (non-hydrogen) atoms. The van der Waals surface area contributed by atoms with Crippen molar-refractivity contribution < 1.29 is 32.6 Å². The summed E-state index contributed by atoms with van der Waals surface area (Å²) in [4.78, 5) is 46.1. The number of methoxy groups -OCH3 is 1. The van der Waals surface area contributed by atoms with Crippen LogP contribution in [0.3, 0.4) is 0 Å². The van der Waals surface area contributed by atoms with Crippen molar-refractivity contribution in [1.82, 2.24) is 29.1 Å². The van der Waals surface area contributed by atoms with Crippen LogP contribution in [0.2, 0.25) is 0 Å². The van der Waals surface area contributed by atoms with Gasteiger partial charge in [0, 0.05) is 37.6 Å². The average molecular weight is 763 g/mol. The van der Waals surface area contributed by atoms with E-state index >= 15 is 0 Å². The molecule has 2 atom stereocenters. The standard InChI is InChI=1S/C41H42N6O7S/c1-4-20-44-27-39(49)46-37(21-29-12-14-32(48)15-13-29)40(50)43(26-38(46)47(44)41(51)42-23-30-8-6-5-7-9-30)24-31-25-45(36-19-16-33(54-3)22-35(31)36)55(52,53)34-17-10-28(2)11-18-34/h4-19,22,25,37-38,48H,1,20-21,23-24,26-27H2,2-3H3,(H,42,51)/t37-,38-/m0/s1. The second-order valence-corrected chi connectivity index (χ2v) is 15.5. The minimum atomic E-state index is -4.06. The number of hydrazine groups is 1. The predicted octanol–water partition coefficient (Wildman–Crippen LogP) is 4.64. The highest BCUT2D eigenvalue weighted by molar-refractivity contribution is 7.90. The molecule has 0 aliphatic carbocycles. The van der Waals surface area contributed by atoms with Crippen LogP contribution >= 0.6 is 0 Å². The Bertz CT molecular complexity index is 2350. The van der Waals surface area contributed by atoms with Crippen LogP contribution in [-0.4, -0.2) is 94.1 Å². The van der Waals surface area contributed by atoms with Gasteiger partial charge in [-0.3, -0.25) is 9.59 Å². The summed E-state index contributed by atoms with van der Waals surface area (Å²) in [5.74, 6) is -0.147. The summed E-state index contributed by atoms with van der Waals surface area (Å²) >= 11 is 0. The molecule has 7 rings (SSSR count). The van der Waals surface area contributed by atoms with Crippen LogP contribution in [0.25, 0.3) is 10.9 Å². The molecule has 14 heteroatoms. The summed E-state index contributed by atoms with van der Waals surface area (Å²) in [6.07, 6.45) is 2.32. The highest BCUT2D eigenvalue weighted by Crippen LogP contribution is 2.34. The van der Waals surface area contributed by atoms with E-state index in [0.717, 1.165) is 11.1 Å². The third-order valence-electron chi connectivity index (χ3n) is 10.0. The molecule has 2 aliphatic heterocycles. The van der Waals surface area contributed by atoms with Gasteiger partial charge in [0.2, 0.25) is 11.8 Å². The fraction of sp³-hybridized carbons (Fsp3) is 0.244. The molecule has 0 saturated carbocycles. The summed E-state index contributed by atoms with van der Waals surface area (Å²) in [6.45, 7) is 5.89. The van der Waals surface area contributed by atoms with Gasteiger partial charge in [-0.1, -0.05) is 66.2 Å². The Labute approximate surface area is 319 Å². The van der Waals surface area contributed by atoms with E-state index in [-0.39, 0.29) is 61.6 Å². The Balaban J connectivity index is 1.30. The van der Waals surface area contributed by atoms with Gasteiger partial charge in [0.1, 0.15) is 23.7 Å². The zero-order valence-corrected chi connectivity index (χ0v) is 31.4. The van der Waals surface area contributed by atoms with Crippen molar-refractivity contribution >= 4 is 38.8 Å². The molecule has 3 heterocycles. The maximum absolute atomic E-state index is 14.7. The molecule has 2 saturated heterocycles. The average Bonchev–Trinajstić information content (AvgIpc) is 3.55. The molecule has 0 spiro atoms. The van der Waals surface area contributed by atoms with E-state index in [1.54, 1.807) is 70.6 Å². The molecule has 2 fully saturated rings. The molecule has 2 aliphatic rings. The number of carbonyl (C=O) groups is 3. The molecular formula is C41H42N6O7S. The number of carbonyl (C=O) groups excluding carboxylic acids is 3. The van der Waals surface area contributed by atoms with Crippen molar-refractivity contribution in [2.75, 3.05) is 26.7 Å². The third kappa shape index (κ3) is 7.38. The molecule has 4 aromatic carbocycles. The van der Waals surface area contributed by atoms with E-state index in [1.807, 2.05) is 37.3 Å². The Morgan fingerprint density at radius 1 is 0.982 bits per heavy atom. The second kappa shape index (κ2) is 15.3. The van der Waals surface area contributed by atoms with Gasteiger partial charge in [-0.2, -0.15) is 0 Å². The quantitative estimate of drug-likeness (QED) is 0.186. The highest BCUT2D eigenvalue weighted by atomic mass is 32.2. The number of benzene rings is 4. The van der Waals surface area contributed by atoms with Gasteiger partial charge in [0.05, 0.1) is 30.6 Å². The normalized spacial score (nSPS) is 17.7. The number of hydrogen-bond acceptors (Lipinski definition) is 8. The number of aryl methyl sites for hydroxylation is 1. The number of aromatic hydroxyl groups is 1. The Kier molecular flexibility index (Phi) is 10.4. The Morgan fingerprint density at radius 3 is 2.40 bits per heavy atom. The van der Waals surface area contributed by atoms with Crippen molar-refractivity contribution in [3.05, 3.63) is 138 Å². The SMILES string of the molecule is C=CCN1CC(=O)N2[C@@H](Cc3ccc(O)cc3)C(=O)N(Cc3cn(S(=O)(=O)c4ccc(C)cc4)c4ccc(OC)cc34)C[C@@H]2N1C(=O)NCc1ccccc1. The summed E-state index contributed by atoms with van der Waals surface area (Å²) < 4.78 is 34.9. The number of fused-ring (bicyclic) bond motifs is 2. The van der Waals surface area contributed by atoms with Crippen LogP contribution < -0.4 is 10.1 Å². The van der Waals surface area contributed by atoms with Crippen LogP contribution in [-0.2, 0) is 39.1 Å². The van der Waals surface area contributed by atoms with Crippen molar-refractivity contribution in [2.24, 2.45) is 0 Å². The zero-order chi connectivity index (χ0) is 38.9. The van der Waals surface area contributed by atoms with E-state index in [0.29, 0.717) is 27.8 Å². The summed E-state index contributed by atoms with van der Waals surface area (Å²) in [5.41, 5.74) is 3.42. The number of aromatic nitrogens is 1. The fourth-order valence-corrected chi connectivity index (χ4v) is 8.67. The van der Waals surface area contributed by atoms with Crippen molar-refractivity contribution in [1.29, 1.82) is 0 Å². The molecule has 13 nitrogen and oxygen atoms in total. The van der Waals surface area contributed by atoms with Crippen LogP contribution in [0.4, 0.5) is 4.79 Å². The maximum atomic E-state index is 14.7. The number of ether oxygens (including phenoxy) is 1. The van der Waals surface area contributed by atoms with Gasteiger partial charge in [-0.05, 0) is 66.1 Å². The monoisotopic (exact) mass is 762 g/mol. The van der Waals surface area contributed by atoms with Gasteiger partial charge in [-0.15, -0.1) is 6.58 Å². The van der Waals surface area contributed by atoms with Gasteiger partial charge in [0.25, 0.3) is 10.0 Å². The summed E-state index contributed by atoms with van der Waals surface area (Å²) in [6, 6.07) is 26.0. The fourth-order valence-electron chi connectivity index (χ4n) is 7.28. The predicted molar refractivity (Wildman–Crippen MR) is 206 cm³/mol. The number of urea groups is 1. The van der Waals surface area contributed by atoms with Gasteiger partial charge in [-0.25, -0.2) is 27.2 Å². The Hall–Kier alpha value is -6.12. The molecule has 5 aromatic rings. The highest BCUT2D eigenvalue weighted by Gasteiger charge is 2.51. The van der Waals surface area contributed by atoms with Crippen molar-refractivity contribution in [2.45, 2.75) is 43.5 Å². The van der Waals surface area contributed by atoms with Gasteiger partial charge < -0.3 is 25.0 Å². The smallest absolute Gasteiger partial charge is 0.334 e. The minimum Gasteiger partial charge on any atom is -0.508 e. The molecule has 0 unspecified atom stereocenters. The Morgan fingerprint density at radius 2 is 1.71 bits per heavy atom. The zero-order valence-electron chi connectivity index (χ0n) is 30.5. The summed E-state index contributed by atoms with van der Waals surface area (Å²) in [7, 11) is -2.54. The van der Waals surface area contributed by atoms with Crippen LogP contribution in [0.15, 0.2) is 121 Å². The first kappa shape index (κ1) is 37.2. The van der Waals surface area contributed by atoms with Gasteiger partial charge in [0.15, 0.2) is 0 Å². The van der Waals surface area contributed by atoms with E-state index in [2.05, 4.69) is 11.9 Å². The largest absolute Gasteiger partial charge is 0.508 e. The van der Waals surface area contributed by atoms with E-state index < -0.39 is 28.3 Å². The number of nitrogens with zero attached hydrogens (tertiary/aromatic N) is 5. The lowest BCUT2D eigenvalue weighted by molar-refractivity contribution is -0.189. The molecule has 1 aromatic heterocycles. The van der Waals surface area contributed by atoms with E-state index in [1.165, 1.54) is 39.3 Å². The molecule has 0 bridgehead atoms. The van der Waals surface area contributed by atoms with Crippen LogP contribution in [0, 0.1) is 6.92 Å². The number of nitrogens with one attached hydrogen (secondary N) is 1. The van der Waals surface area contributed by atoms with Crippen molar-refractivity contribution in [3.63, 3.8) is 0 Å². The number of amides is 4. The lowest BCUT2D eigenvalue weighted by atomic mass is 9.98. The van der Waals surface area contributed by atoms with E-state index in [9.17, 15) is 27.9 Å². The topological polar surface area (TPSA) is 145 Å². The minimum absolute atomic E-state index is 0.0372. The van der Waals surface area contributed by atoms with Crippen molar-refractivity contribution in [3.8, 4) is 11.5 Å². The first-order chi connectivity index (χ1) is 26.5. The molecule has 2 N–H and O–H groups in total. The number of piperazine rings is 1. The summed E-state index contributed by atoms with van der Waals surface area (Å²) in [5, 5.41) is 16.6. The molecule has 4 amide bonds. The van der Waals surface area contributed by atoms with E-state index in [4.69, 9.17) is 4.74 Å². The number of phenolic OH excluding ortho intramolecular Hbond substituents is 1. The first-order valence-corrected chi connectivity index (χ1v) is 19.3. The second-order valence-electron chi connectivity index (χ2n) is 13.7. The van der Waals surface area contributed by atoms with Crippen LogP contribution in [0.5, 0.6) is 11.5 Å². The number of phenols is 1. The molecule has 0 radical (unpaired) electrons. The maximum Gasteiger partial charge on any atom is 0.334 e. The van der Waals surface area contributed by atoms with Crippen LogP contribution in [0.1, 0.15) is 22.3 Å². The lowest BCUT2D eigenvalue weighted by Gasteiger charge is -2.55. The first-order valence-electron chi connectivity index (χ1n) is 17.8. The molecular weight excluding hydrogens is 721 g/mol. The third-order valence-corrected chi connectivity index (χ3v) is 11.7. The number of hydrogen-bond donors (Lipinski definition) is 2.